The van der Waals surface area contributed by atoms with Crippen LogP contribution in [0.3, 0.4) is 0 Å². The number of nitrogens with one attached hydrogen (secondary N) is 2. The van der Waals surface area contributed by atoms with Gasteiger partial charge in [0.2, 0.25) is 15.9 Å². The normalized spacial score (nSPS) is 17.6. The Labute approximate surface area is 162 Å². The average molecular weight is 408 g/mol. The van der Waals surface area contributed by atoms with Crippen molar-refractivity contribution in [3.63, 3.8) is 0 Å². The third kappa shape index (κ3) is 4.73. The lowest BCUT2D eigenvalue weighted by atomic mass is 10.2. The monoisotopic (exact) mass is 408 g/mol. The Hall–Kier alpha value is -2.79. The van der Waals surface area contributed by atoms with Gasteiger partial charge in [0.1, 0.15) is 5.71 Å². The summed E-state index contributed by atoms with van der Waals surface area (Å²) < 4.78 is 31.2. The molecule has 2 aliphatic heterocycles. The lowest BCUT2D eigenvalue weighted by Crippen LogP contribution is -2.32. The van der Waals surface area contributed by atoms with E-state index in [4.69, 9.17) is 4.74 Å². The van der Waals surface area contributed by atoms with Crippen molar-refractivity contribution in [3.05, 3.63) is 24.3 Å². The summed E-state index contributed by atoms with van der Waals surface area (Å²) in [6.45, 7) is 0.502. The first kappa shape index (κ1) is 20.0. The highest BCUT2D eigenvalue weighted by Crippen LogP contribution is 2.22. The van der Waals surface area contributed by atoms with Gasteiger partial charge in [-0.05, 0) is 37.1 Å². The van der Waals surface area contributed by atoms with Gasteiger partial charge in [0, 0.05) is 31.6 Å². The Morgan fingerprint density at radius 1 is 1.14 bits per heavy atom. The van der Waals surface area contributed by atoms with Crippen LogP contribution in [0, 0.1) is 0 Å². The summed E-state index contributed by atoms with van der Waals surface area (Å²) in [5.41, 5.74) is 2.60. The first-order valence-corrected chi connectivity index (χ1v) is 10.2. The number of anilines is 1. The van der Waals surface area contributed by atoms with Gasteiger partial charge in [-0.25, -0.2) is 18.6 Å². The van der Waals surface area contributed by atoms with E-state index in [1.165, 1.54) is 28.6 Å². The van der Waals surface area contributed by atoms with Gasteiger partial charge in [-0.3, -0.25) is 9.59 Å². The van der Waals surface area contributed by atoms with Crippen molar-refractivity contribution in [1.82, 2.24) is 9.73 Å². The number of carbonyl (C=O) groups is 3. The van der Waals surface area contributed by atoms with Crippen LogP contribution in [-0.4, -0.2) is 55.9 Å². The molecule has 0 atom stereocenters. The van der Waals surface area contributed by atoms with Gasteiger partial charge < -0.3 is 10.1 Å². The zero-order valence-corrected chi connectivity index (χ0v) is 15.8. The molecule has 0 radical (unpaired) electrons. The molecule has 2 aliphatic rings. The van der Waals surface area contributed by atoms with E-state index in [-0.39, 0.29) is 29.4 Å². The number of hydrogen-bond donors (Lipinski definition) is 2. The Morgan fingerprint density at radius 3 is 2.43 bits per heavy atom. The van der Waals surface area contributed by atoms with E-state index >= 15 is 0 Å². The molecule has 2 N–H and O–H groups in total. The molecule has 10 nitrogen and oxygen atoms in total. The number of ether oxygens (including phenoxy) is 1. The molecule has 0 spiro atoms. The summed E-state index contributed by atoms with van der Waals surface area (Å²) in [7, 11) is -3.51. The molecular weight excluding hydrogens is 388 g/mol. The van der Waals surface area contributed by atoms with E-state index in [1.807, 2.05) is 0 Å². The lowest BCUT2D eigenvalue weighted by molar-refractivity contribution is -0.140. The van der Waals surface area contributed by atoms with E-state index in [1.54, 1.807) is 0 Å². The quantitative estimate of drug-likeness (QED) is 0.647. The number of carbonyl (C=O) groups excluding carboxylic acids is 3. The van der Waals surface area contributed by atoms with Crippen molar-refractivity contribution in [2.75, 3.05) is 25.0 Å². The van der Waals surface area contributed by atoms with Crippen molar-refractivity contribution < 1.29 is 27.5 Å². The minimum Gasteiger partial charge on any atom is -0.451 e. The van der Waals surface area contributed by atoms with Crippen molar-refractivity contribution in [2.24, 2.45) is 5.10 Å². The fourth-order valence-electron chi connectivity index (χ4n) is 2.82. The third-order valence-corrected chi connectivity index (χ3v) is 6.23. The largest absolute Gasteiger partial charge is 0.451 e. The fraction of sp³-hybridized carbons (Fsp3) is 0.412. The molecule has 28 heavy (non-hydrogen) atoms. The number of esters is 1. The Bertz CT molecular complexity index is 904. The van der Waals surface area contributed by atoms with Gasteiger partial charge in [-0.1, -0.05) is 0 Å². The van der Waals surface area contributed by atoms with E-state index in [2.05, 4.69) is 15.8 Å². The molecule has 0 saturated carbocycles. The topological polar surface area (TPSA) is 134 Å². The highest BCUT2D eigenvalue weighted by atomic mass is 32.2. The van der Waals surface area contributed by atoms with Crippen molar-refractivity contribution >= 4 is 39.2 Å². The van der Waals surface area contributed by atoms with Crippen LogP contribution in [0.4, 0.5) is 5.69 Å². The van der Waals surface area contributed by atoms with Crippen LogP contribution >= 0.6 is 0 Å². The molecule has 0 bridgehead atoms. The van der Waals surface area contributed by atoms with Gasteiger partial charge >= 0.3 is 5.97 Å². The maximum absolute atomic E-state index is 12.5. The molecule has 0 aliphatic carbocycles. The van der Waals surface area contributed by atoms with E-state index in [9.17, 15) is 22.8 Å². The number of sulfonamides is 1. The van der Waals surface area contributed by atoms with Gasteiger partial charge in [0.15, 0.2) is 6.61 Å². The maximum Gasteiger partial charge on any atom is 0.355 e. The van der Waals surface area contributed by atoms with E-state index in [0.717, 1.165) is 12.8 Å². The van der Waals surface area contributed by atoms with E-state index < -0.39 is 28.5 Å². The molecule has 1 fully saturated rings. The molecule has 11 heteroatoms. The minimum atomic E-state index is -3.51. The van der Waals surface area contributed by atoms with Crippen LogP contribution in [0.25, 0.3) is 0 Å². The van der Waals surface area contributed by atoms with Gasteiger partial charge in [-0.15, -0.1) is 0 Å². The molecule has 150 valence electrons. The summed E-state index contributed by atoms with van der Waals surface area (Å²) in [6, 6.07) is 5.80. The van der Waals surface area contributed by atoms with Crippen LogP contribution < -0.4 is 10.7 Å². The number of hydrazone groups is 1. The Morgan fingerprint density at radius 2 is 1.82 bits per heavy atom. The lowest BCUT2D eigenvalue weighted by Gasteiger charge is -2.15. The van der Waals surface area contributed by atoms with Crippen molar-refractivity contribution in [3.8, 4) is 0 Å². The standard InChI is InChI=1S/C17H20N4O6S/c22-15-8-7-14(19-20-15)17(24)27-11-16(23)18-12-3-5-13(6-4-12)28(25,26)21-9-1-2-10-21/h3-6H,1-2,7-11H2,(H,18,23)(H,20,22). The second kappa shape index (κ2) is 8.48. The highest BCUT2D eigenvalue weighted by molar-refractivity contribution is 7.89. The molecule has 1 aromatic rings. The number of hydrogen-bond acceptors (Lipinski definition) is 7. The summed E-state index contributed by atoms with van der Waals surface area (Å²) in [4.78, 5) is 34.9. The summed E-state index contributed by atoms with van der Waals surface area (Å²) in [6.07, 6.45) is 1.99. The second-order valence-electron chi connectivity index (χ2n) is 6.35. The van der Waals surface area contributed by atoms with Crippen molar-refractivity contribution in [1.29, 1.82) is 0 Å². The molecule has 2 amide bonds. The van der Waals surface area contributed by atoms with Gasteiger partial charge in [-0.2, -0.15) is 9.41 Å². The predicted octanol–water partition coefficient (Wildman–Crippen LogP) is 0.219. The third-order valence-electron chi connectivity index (χ3n) is 4.32. The first-order chi connectivity index (χ1) is 13.4. The SMILES string of the molecule is O=C1CCC(C(=O)OCC(=O)Nc2ccc(S(=O)(=O)N3CCCC3)cc2)=NN1. The van der Waals surface area contributed by atoms with Crippen LogP contribution in [0.15, 0.2) is 34.3 Å². The summed E-state index contributed by atoms with van der Waals surface area (Å²) in [5, 5.41) is 6.11. The highest BCUT2D eigenvalue weighted by Gasteiger charge is 2.27. The first-order valence-electron chi connectivity index (χ1n) is 8.79. The summed E-state index contributed by atoms with van der Waals surface area (Å²) in [5.74, 6) is -1.64. The Kier molecular flexibility index (Phi) is 6.05. The number of nitrogens with zero attached hydrogens (tertiary/aromatic N) is 2. The van der Waals surface area contributed by atoms with Crippen LogP contribution in [0.5, 0.6) is 0 Å². The van der Waals surface area contributed by atoms with Crippen LogP contribution in [0.2, 0.25) is 0 Å². The number of rotatable bonds is 6. The fourth-order valence-corrected chi connectivity index (χ4v) is 4.34. The Balaban J connectivity index is 1.52. The molecule has 1 aromatic carbocycles. The molecular formula is C17H20N4O6S. The molecule has 2 heterocycles. The van der Waals surface area contributed by atoms with Crippen LogP contribution in [0.1, 0.15) is 25.7 Å². The zero-order valence-electron chi connectivity index (χ0n) is 15.0. The molecule has 3 rings (SSSR count). The average Bonchev–Trinajstić information content (AvgIpc) is 3.23. The van der Waals surface area contributed by atoms with E-state index in [0.29, 0.717) is 18.8 Å². The summed E-state index contributed by atoms with van der Waals surface area (Å²) >= 11 is 0. The van der Waals surface area contributed by atoms with Gasteiger partial charge in [0.05, 0.1) is 4.90 Å². The smallest absolute Gasteiger partial charge is 0.355 e. The molecule has 0 unspecified atom stereocenters. The van der Waals surface area contributed by atoms with Crippen molar-refractivity contribution in [2.45, 2.75) is 30.6 Å². The molecule has 1 saturated heterocycles. The maximum atomic E-state index is 12.5. The van der Waals surface area contributed by atoms with Gasteiger partial charge in [0.25, 0.3) is 5.91 Å². The zero-order chi connectivity index (χ0) is 20.1. The molecule has 0 aromatic heterocycles. The number of benzene rings is 1. The second-order valence-corrected chi connectivity index (χ2v) is 8.29. The number of amides is 2. The minimum absolute atomic E-state index is 0.0453. The van der Waals surface area contributed by atoms with Crippen LogP contribution in [-0.2, 0) is 29.1 Å². The predicted molar refractivity (Wildman–Crippen MR) is 98.8 cm³/mol.